The summed E-state index contributed by atoms with van der Waals surface area (Å²) < 4.78 is 12.2. The summed E-state index contributed by atoms with van der Waals surface area (Å²) >= 11 is 1.64. The first-order chi connectivity index (χ1) is 13.8. The van der Waals surface area contributed by atoms with Crippen molar-refractivity contribution in [3.63, 3.8) is 0 Å². The minimum Gasteiger partial charge on any atom is -0.370 e. The third-order valence-electron chi connectivity index (χ3n) is 6.00. The van der Waals surface area contributed by atoms with Crippen molar-refractivity contribution < 1.29 is 14.3 Å². The number of hydrogen-bond donors (Lipinski definition) is 1. The lowest BCUT2D eigenvalue weighted by Crippen LogP contribution is -2.44. The highest BCUT2D eigenvalue weighted by molar-refractivity contribution is 7.14. The zero-order valence-corrected chi connectivity index (χ0v) is 16.7. The summed E-state index contributed by atoms with van der Waals surface area (Å²) in [7, 11) is 0. The monoisotopic (exact) mass is 399 g/mol. The molecule has 2 aromatic rings. The molecule has 0 saturated carbocycles. The van der Waals surface area contributed by atoms with Crippen LogP contribution < -0.4 is 5.32 Å². The van der Waals surface area contributed by atoms with Gasteiger partial charge in [0.1, 0.15) is 11.7 Å². The zero-order valence-electron chi connectivity index (χ0n) is 15.9. The summed E-state index contributed by atoms with van der Waals surface area (Å²) in [6.07, 6.45) is 6.32. The van der Waals surface area contributed by atoms with Gasteiger partial charge in [0.25, 0.3) is 5.91 Å². The number of amides is 1. The minimum atomic E-state index is -0.189. The number of carbonyl (C=O) groups excluding carboxylic acids is 1. The average molecular weight is 400 g/mol. The van der Waals surface area contributed by atoms with Gasteiger partial charge in [0, 0.05) is 29.4 Å². The minimum absolute atomic E-state index is 0.111. The van der Waals surface area contributed by atoms with E-state index in [1.165, 1.54) is 10.4 Å². The van der Waals surface area contributed by atoms with Crippen LogP contribution in [0.4, 0.5) is 0 Å². The van der Waals surface area contributed by atoms with Crippen molar-refractivity contribution in [1.29, 1.82) is 0 Å². The van der Waals surface area contributed by atoms with Gasteiger partial charge >= 0.3 is 0 Å². The molecule has 28 heavy (non-hydrogen) atoms. The number of nitrogens with one attached hydrogen (secondary N) is 1. The Morgan fingerprint density at radius 2 is 2.21 bits per heavy atom. The molecule has 1 unspecified atom stereocenters. The Bertz CT molecular complexity index is 848. The number of morpholine rings is 1. The van der Waals surface area contributed by atoms with Crippen LogP contribution in [0.2, 0.25) is 0 Å². The first-order valence-electron chi connectivity index (χ1n) is 10.0. The van der Waals surface area contributed by atoms with E-state index in [-0.39, 0.29) is 17.6 Å². The maximum atomic E-state index is 13.3. The Balaban J connectivity index is 1.37. The summed E-state index contributed by atoms with van der Waals surface area (Å²) in [5.74, 6) is 0.112. The second kappa shape index (κ2) is 7.55. The Morgan fingerprint density at radius 3 is 3.04 bits per heavy atom. The van der Waals surface area contributed by atoms with Crippen LogP contribution in [-0.4, -0.2) is 55.2 Å². The van der Waals surface area contributed by atoms with E-state index in [2.05, 4.69) is 16.4 Å². The van der Waals surface area contributed by atoms with Crippen molar-refractivity contribution >= 4 is 17.2 Å². The predicted molar refractivity (Wildman–Crippen MR) is 107 cm³/mol. The number of ether oxygens (including phenoxy) is 2. The van der Waals surface area contributed by atoms with Gasteiger partial charge in [-0.25, -0.2) is 0 Å². The lowest BCUT2D eigenvalue weighted by atomic mass is 9.86. The van der Waals surface area contributed by atoms with Gasteiger partial charge in [-0.2, -0.15) is 0 Å². The number of fused-ring (bicyclic) bond motifs is 2. The Morgan fingerprint density at radius 1 is 1.32 bits per heavy atom. The molecule has 3 aliphatic rings. The third kappa shape index (κ3) is 3.26. The van der Waals surface area contributed by atoms with Crippen LogP contribution in [0.1, 0.15) is 44.6 Å². The average Bonchev–Trinajstić information content (AvgIpc) is 3.21. The molecule has 2 fully saturated rings. The fourth-order valence-corrected chi connectivity index (χ4v) is 5.87. The van der Waals surface area contributed by atoms with Crippen LogP contribution in [0.5, 0.6) is 0 Å². The van der Waals surface area contributed by atoms with Crippen LogP contribution in [0, 0.1) is 0 Å². The van der Waals surface area contributed by atoms with Crippen LogP contribution in [0.15, 0.2) is 30.6 Å². The number of thiophene rings is 1. The zero-order chi connectivity index (χ0) is 19.0. The highest BCUT2D eigenvalue weighted by atomic mass is 32.1. The molecule has 1 atom stereocenters. The molecule has 2 aromatic heterocycles. The van der Waals surface area contributed by atoms with Crippen LogP contribution >= 0.6 is 11.3 Å². The van der Waals surface area contributed by atoms with Crippen molar-refractivity contribution in [3.05, 3.63) is 51.5 Å². The molecule has 0 aliphatic carbocycles. The first kappa shape index (κ1) is 18.2. The maximum absolute atomic E-state index is 13.3. The maximum Gasteiger partial charge on any atom is 0.264 e. The lowest BCUT2D eigenvalue weighted by Gasteiger charge is -2.40. The SMILES string of the molecule is O=C(c1cc2c(s1)C1(CCNCC1)OCC2)N1CCOC(c2cccnc2)C1. The van der Waals surface area contributed by atoms with Gasteiger partial charge in [-0.05, 0) is 50.0 Å². The summed E-state index contributed by atoms with van der Waals surface area (Å²) in [5.41, 5.74) is 2.14. The van der Waals surface area contributed by atoms with E-state index >= 15 is 0 Å². The molecular weight excluding hydrogens is 374 g/mol. The molecule has 1 N–H and O–H groups in total. The molecule has 0 radical (unpaired) electrons. The lowest BCUT2D eigenvalue weighted by molar-refractivity contribution is -0.0771. The highest BCUT2D eigenvalue weighted by Gasteiger charge is 2.41. The van der Waals surface area contributed by atoms with Crippen molar-refractivity contribution in [2.75, 3.05) is 39.4 Å². The van der Waals surface area contributed by atoms with E-state index in [1.54, 1.807) is 17.5 Å². The number of carbonyl (C=O) groups is 1. The topological polar surface area (TPSA) is 63.7 Å². The number of nitrogens with zero attached hydrogens (tertiary/aromatic N) is 2. The van der Waals surface area contributed by atoms with Crippen molar-refractivity contribution in [1.82, 2.24) is 15.2 Å². The standard InChI is InChI=1S/C21H25N3O3S/c25-20(24-9-11-26-17(14-24)16-2-1-6-23-13-16)18-12-15-3-10-27-21(19(15)28-18)4-7-22-8-5-21/h1-2,6,12-13,17,22H,3-5,7-11,14H2. The molecule has 5 rings (SSSR count). The highest BCUT2D eigenvalue weighted by Crippen LogP contribution is 2.44. The first-order valence-corrected chi connectivity index (χ1v) is 10.9. The summed E-state index contributed by atoms with van der Waals surface area (Å²) in [4.78, 5) is 21.5. The predicted octanol–water partition coefficient (Wildman–Crippen LogP) is 2.51. The van der Waals surface area contributed by atoms with Gasteiger partial charge in [0.2, 0.25) is 0 Å². The van der Waals surface area contributed by atoms with Crippen LogP contribution in [0.25, 0.3) is 0 Å². The van der Waals surface area contributed by atoms with Gasteiger partial charge in [-0.1, -0.05) is 6.07 Å². The van der Waals surface area contributed by atoms with Crippen molar-refractivity contribution in [2.24, 2.45) is 0 Å². The molecule has 0 aromatic carbocycles. The third-order valence-corrected chi connectivity index (χ3v) is 7.36. The van der Waals surface area contributed by atoms with E-state index < -0.39 is 0 Å². The molecule has 148 valence electrons. The smallest absolute Gasteiger partial charge is 0.264 e. The van der Waals surface area contributed by atoms with E-state index in [0.29, 0.717) is 19.7 Å². The second-order valence-corrected chi connectivity index (χ2v) is 8.76. The van der Waals surface area contributed by atoms with E-state index in [4.69, 9.17) is 9.47 Å². The number of piperidine rings is 1. The normalized spacial score (nSPS) is 24.1. The molecule has 7 heteroatoms. The summed E-state index contributed by atoms with van der Waals surface area (Å²) in [6.45, 7) is 4.43. The molecular formula is C21H25N3O3S. The molecule has 0 bridgehead atoms. The van der Waals surface area contributed by atoms with Crippen molar-refractivity contribution in [3.8, 4) is 0 Å². The van der Waals surface area contributed by atoms with Gasteiger partial charge in [-0.15, -0.1) is 11.3 Å². The fourth-order valence-electron chi connectivity index (χ4n) is 4.49. The van der Waals surface area contributed by atoms with E-state index in [9.17, 15) is 4.79 Å². The quantitative estimate of drug-likeness (QED) is 0.841. The Labute approximate surface area is 168 Å². The van der Waals surface area contributed by atoms with E-state index in [1.807, 2.05) is 23.2 Å². The van der Waals surface area contributed by atoms with Gasteiger partial charge in [0.05, 0.1) is 24.6 Å². The molecule has 2 saturated heterocycles. The van der Waals surface area contributed by atoms with Gasteiger partial charge in [-0.3, -0.25) is 9.78 Å². The number of rotatable bonds is 2. The largest absolute Gasteiger partial charge is 0.370 e. The fraction of sp³-hybridized carbons (Fsp3) is 0.524. The molecule has 6 nitrogen and oxygen atoms in total. The Hall–Kier alpha value is -1.80. The molecule has 5 heterocycles. The van der Waals surface area contributed by atoms with E-state index in [0.717, 1.165) is 49.4 Å². The number of aromatic nitrogens is 1. The van der Waals surface area contributed by atoms with Gasteiger partial charge in [0.15, 0.2) is 0 Å². The second-order valence-electron chi connectivity index (χ2n) is 7.70. The molecule has 1 spiro atoms. The number of pyridine rings is 1. The summed E-state index contributed by atoms with van der Waals surface area (Å²) in [6, 6.07) is 6.03. The summed E-state index contributed by atoms with van der Waals surface area (Å²) in [5, 5.41) is 3.42. The molecule has 1 amide bonds. The van der Waals surface area contributed by atoms with Crippen LogP contribution in [0.3, 0.4) is 0 Å². The molecule has 3 aliphatic heterocycles. The Kier molecular flexibility index (Phi) is 4.92. The van der Waals surface area contributed by atoms with Crippen LogP contribution in [-0.2, 0) is 21.5 Å². The van der Waals surface area contributed by atoms with Gasteiger partial charge < -0.3 is 19.7 Å². The number of hydrogen-bond acceptors (Lipinski definition) is 6. The van der Waals surface area contributed by atoms with Crippen molar-refractivity contribution in [2.45, 2.75) is 31.0 Å².